The van der Waals surface area contributed by atoms with E-state index in [0.717, 1.165) is 22.2 Å². The van der Waals surface area contributed by atoms with Crippen LogP contribution in [0.2, 0.25) is 0 Å². The number of allylic oxidation sites excluding steroid dienone is 1. The highest BCUT2D eigenvalue weighted by atomic mass is 16.2. The minimum Gasteiger partial charge on any atom is -0.332 e. The van der Waals surface area contributed by atoms with Crippen LogP contribution < -0.4 is 0 Å². The van der Waals surface area contributed by atoms with Crippen LogP contribution in [0.5, 0.6) is 0 Å². The second-order valence-corrected chi connectivity index (χ2v) is 6.59. The number of aromatic nitrogens is 1. The van der Waals surface area contributed by atoms with E-state index in [1.54, 1.807) is 17.1 Å². The molecule has 0 radical (unpaired) electrons. The first-order valence-corrected chi connectivity index (χ1v) is 8.70. The molecule has 1 amide bonds. The van der Waals surface area contributed by atoms with Crippen molar-refractivity contribution in [1.29, 1.82) is 0 Å². The van der Waals surface area contributed by atoms with Crippen LogP contribution >= 0.6 is 0 Å². The number of hydrogen-bond acceptors (Lipinski definition) is 1. The van der Waals surface area contributed by atoms with Crippen LogP contribution in [-0.2, 0) is 6.54 Å². The van der Waals surface area contributed by atoms with E-state index in [1.165, 1.54) is 5.56 Å². The van der Waals surface area contributed by atoms with Gasteiger partial charge in [0, 0.05) is 30.5 Å². The predicted molar refractivity (Wildman–Crippen MR) is 107 cm³/mol. The lowest BCUT2D eigenvalue weighted by Gasteiger charge is -2.21. The lowest BCUT2D eigenvalue weighted by Crippen LogP contribution is -2.33. The zero-order valence-electron chi connectivity index (χ0n) is 15.6. The van der Waals surface area contributed by atoms with Gasteiger partial charge >= 0.3 is 0 Å². The minimum atomic E-state index is 0.00134. The second kappa shape index (κ2) is 8.02. The van der Waals surface area contributed by atoms with E-state index >= 15 is 0 Å². The number of carbonyl (C=O) groups is 1. The van der Waals surface area contributed by atoms with Gasteiger partial charge in [0.25, 0.3) is 5.91 Å². The number of fused-ring (bicyclic) bond motifs is 1. The van der Waals surface area contributed by atoms with Crippen LogP contribution in [0.1, 0.15) is 41.4 Å². The molecule has 25 heavy (non-hydrogen) atoms. The number of hydrogen-bond donors (Lipinski definition) is 0. The number of aryl methyl sites for hydroxylation is 1. The Hall–Kier alpha value is -2.55. The third-order valence-electron chi connectivity index (χ3n) is 4.51. The van der Waals surface area contributed by atoms with Crippen LogP contribution in [-0.4, -0.2) is 28.5 Å². The van der Waals surface area contributed by atoms with Gasteiger partial charge in [0.1, 0.15) is 5.69 Å². The fraction of sp³-hybridized carbons (Fsp3) is 0.318. The molecule has 0 saturated heterocycles. The van der Waals surface area contributed by atoms with Crippen molar-refractivity contribution in [3.8, 4) is 0 Å². The largest absolute Gasteiger partial charge is 0.332 e. The third-order valence-corrected chi connectivity index (χ3v) is 4.51. The molecule has 132 valence electrons. The van der Waals surface area contributed by atoms with Gasteiger partial charge in [-0.3, -0.25) is 4.79 Å². The molecule has 0 aliphatic heterocycles. The summed E-state index contributed by atoms with van der Waals surface area (Å²) in [6.07, 6.45) is 5.32. The van der Waals surface area contributed by atoms with Crippen molar-refractivity contribution in [2.45, 2.75) is 33.2 Å². The van der Waals surface area contributed by atoms with Gasteiger partial charge in [0.2, 0.25) is 0 Å². The summed E-state index contributed by atoms with van der Waals surface area (Å²) in [5, 5.41) is 1.13. The Morgan fingerprint density at radius 3 is 2.32 bits per heavy atom. The molecule has 0 bridgehead atoms. The molecule has 0 aliphatic rings. The van der Waals surface area contributed by atoms with Crippen molar-refractivity contribution in [3.05, 3.63) is 73.0 Å². The van der Waals surface area contributed by atoms with Gasteiger partial charge in [-0.15, -0.1) is 19.7 Å². The van der Waals surface area contributed by atoms with Crippen molar-refractivity contribution < 1.29 is 4.79 Å². The number of rotatable bonds is 8. The molecule has 0 saturated carbocycles. The average Bonchev–Trinajstić information content (AvgIpc) is 2.86. The number of carbonyl (C=O) groups excluding carboxylic acids is 1. The highest BCUT2D eigenvalue weighted by Gasteiger charge is 2.23. The maximum absolute atomic E-state index is 13.2. The maximum atomic E-state index is 13.2. The Balaban J connectivity index is 2.68. The summed E-state index contributed by atoms with van der Waals surface area (Å²) < 4.78 is 2.06. The van der Waals surface area contributed by atoms with Crippen molar-refractivity contribution in [2.24, 2.45) is 0 Å². The highest BCUT2D eigenvalue weighted by molar-refractivity contribution is 6.02. The molecule has 0 unspecified atom stereocenters. The van der Waals surface area contributed by atoms with Crippen molar-refractivity contribution in [3.63, 3.8) is 0 Å². The van der Waals surface area contributed by atoms with Gasteiger partial charge < -0.3 is 9.47 Å². The van der Waals surface area contributed by atoms with Crippen molar-refractivity contribution in [1.82, 2.24) is 9.47 Å². The average molecular weight is 336 g/mol. The number of nitrogens with zero attached hydrogens (tertiary/aromatic N) is 2. The van der Waals surface area contributed by atoms with Crippen LogP contribution in [0.15, 0.2) is 56.2 Å². The fourth-order valence-corrected chi connectivity index (χ4v) is 3.20. The topological polar surface area (TPSA) is 25.2 Å². The van der Waals surface area contributed by atoms with E-state index in [1.807, 2.05) is 13.0 Å². The lowest BCUT2D eigenvalue weighted by molar-refractivity contribution is 0.0780. The summed E-state index contributed by atoms with van der Waals surface area (Å²) in [6, 6.07) is 6.46. The minimum absolute atomic E-state index is 0.00134. The Morgan fingerprint density at radius 2 is 1.80 bits per heavy atom. The Bertz CT molecular complexity index is 801. The van der Waals surface area contributed by atoms with E-state index in [4.69, 9.17) is 0 Å². The number of amides is 1. The Labute approximate surface area is 150 Å². The van der Waals surface area contributed by atoms with Gasteiger partial charge in [-0.2, -0.15) is 0 Å². The first-order chi connectivity index (χ1) is 12.0. The molecule has 2 rings (SSSR count). The summed E-state index contributed by atoms with van der Waals surface area (Å²) in [7, 11) is 0. The molecule has 3 nitrogen and oxygen atoms in total. The van der Waals surface area contributed by atoms with Gasteiger partial charge in [-0.05, 0) is 36.1 Å². The zero-order valence-corrected chi connectivity index (χ0v) is 15.6. The molecule has 1 heterocycles. The Kier molecular flexibility index (Phi) is 6.02. The molecule has 1 aromatic carbocycles. The van der Waals surface area contributed by atoms with Crippen molar-refractivity contribution >= 4 is 16.8 Å². The van der Waals surface area contributed by atoms with Crippen LogP contribution in [0.25, 0.3) is 10.9 Å². The van der Waals surface area contributed by atoms with E-state index in [0.29, 0.717) is 25.6 Å². The van der Waals surface area contributed by atoms with Crippen LogP contribution in [0.4, 0.5) is 0 Å². The maximum Gasteiger partial charge on any atom is 0.271 e. The monoisotopic (exact) mass is 336 g/mol. The number of benzene rings is 1. The standard InChI is InChI=1S/C22H28N2O/c1-7-12-23(13-8-2)22(25)21-17(6)19-15-18(16(4)5)10-11-20(19)24(21)14-9-3/h7-11,15-16H,1-3,12-14H2,4-6H3. The van der Waals surface area contributed by atoms with E-state index in [-0.39, 0.29) is 5.91 Å². The normalized spacial score (nSPS) is 10.9. The van der Waals surface area contributed by atoms with Gasteiger partial charge in [0.05, 0.1) is 0 Å². The summed E-state index contributed by atoms with van der Waals surface area (Å²) >= 11 is 0. The summed E-state index contributed by atoms with van der Waals surface area (Å²) in [5.41, 5.74) is 4.09. The molecular weight excluding hydrogens is 308 g/mol. The van der Waals surface area contributed by atoms with E-state index in [9.17, 15) is 4.79 Å². The van der Waals surface area contributed by atoms with Crippen LogP contribution in [0, 0.1) is 6.92 Å². The summed E-state index contributed by atoms with van der Waals surface area (Å²) in [5.74, 6) is 0.449. The van der Waals surface area contributed by atoms with Crippen molar-refractivity contribution in [2.75, 3.05) is 13.1 Å². The van der Waals surface area contributed by atoms with E-state index in [2.05, 4.69) is 56.4 Å². The van der Waals surface area contributed by atoms with Gasteiger partial charge in [-0.1, -0.05) is 38.1 Å². The SMILES string of the molecule is C=CCN(CC=C)C(=O)c1c(C)c2cc(C(C)C)ccc2n1CC=C. The molecule has 2 aromatic rings. The quantitative estimate of drug-likeness (QED) is 0.618. The lowest BCUT2D eigenvalue weighted by atomic mass is 10.0. The van der Waals surface area contributed by atoms with Gasteiger partial charge in [-0.25, -0.2) is 0 Å². The molecule has 1 aromatic heterocycles. The highest BCUT2D eigenvalue weighted by Crippen LogP contribution is 2.30. The zero-order chi connectivity index (χ0) is 18.6. The molecular formula is C22H28N2O. The smallest absolute Gasteiger partial charge is 0.271 e. The molecule has 0 N–H and O–H groups in total. The molecule has 0 atom stereocenters. The fourth-order valence-electron chi connectivity index (χ4n) is 3.20. The molecule has 0 aliphatic carbocycles. The first kappa shape index (κ1) is 18.8. The van der Waals surface area contributed by atoms with E-state index < -0.39 is 0 Å². The van der Waals surface area contributed by atoms with Crippen LogP contribution in [0.3, 0.4) is 0 Å². The Morgan fingerprint density at radius 1 is 1.16 bits per heavy atom. The second-order valence-electron chi connectivity index (χ2n) is 6.59. The van der Waals surface area contributed by atoms with Gasteiger partial charge in [0.15, 0.2) is 0 Å². The first-order valence-electron chi connectivity index (χ1n) is 8.70. The molecule has 0 spiro atoms. The summed E-state index contributed by atoms with van der Waals surface area (Å²) in [4.78, 5) is 15.0. The predicted octanol–water partition coefficient (Wildman–Crippen LogP) is 5.07. The summed E-state index contributed by atoms with van der Waals surface area (Å²) in [6.45, 7) is 19.4. The molecule has 0 fully saturated rings. The third kappa shape index (κ3) is 3.60. The molecule has 3 heteroatoms.